The highest BCUT2D eigenvalue weighted by atomic mass is 31.0. The van der Waals surface area contributed by atoms with Crippen LogP contribution in [0.15, 0.2) is 0 Å². The molecule has 13 heavy (non-hydrogen) atoms. The van der Waals surface area contributed by atoms with Crippen molar-refractivity contribution in [2.75, 3.05) is 6.61 Å². The molecule has 0 heterocycles. The van der Waals surface area contributed by atoms with E-state index in [9.17, 15) is 15.0 Å². The number of ketones is 1. The summed E-state index contributed by atoms with van der Waals surface area (Å²) in [6.07, 6.45) is -3.86. The molecule has 3 N–H and O–H groups in total. The van der Waals surface area contributed by atoms with E-state index in [4.69, 9.17) is 5.11 Å². The normalized spacial score (nSPS) is 17.9. The molecule has 0 aliphatic carbocycles. The Balaban J connectivity index is 4.07. The third-order valence-corrected chi connectivity index (χ3v) is 1.86. The van der Waals surface area contributed by atoms with E-state index in [-0.39, 0.29) is 13.0 Å². The van der Waals surface area contributed by atoms with Crippen LogP contribution in [-0.2, 0) is 9.32 Å². The summed E-state index contributed by atoms with van der Waals surface area (Å²) >= 11 is 0. The Kier molecular flexibility index (Phi) is 6.37. The van der Waals surface area contributed by atoms with Gasteiger partial charge in [0.2, 0.25) is 0 Å². The molecule has 4 unspecified atom stereocenters. The van der Waals surface area contributed by atoms with Gasteiger partial charge in [0.15, 0.2) is 5.78 Å². The smallest absolute Gasteiger partial charge is 0.189 e. The first-order chi connectivity index (χ1) is 6.04. The minimum Gasteiger partial charge on any atom is -0.390 e. The van der Waals surface area contributed by atoms with Crippen molar-refractivity contribution in [3.8, 4) is 0 Å². The SMILES string of the molecule is CCC(O)C(O)C(O)C(=O)COP. The maximum Gasteiger partial charge on any atom is 0.189 e. The first-order valence-corrected chi connectivity index (χ1v) is 4.40. The summed E-state index contributed by atoms with van der Waals surface area (Å²) in [6, 6.07) is 0. The van der Waals surface area contributed by atoms with E-state index in [0.29, 0.717) is 0 Å². The molecule has 0 amide bonds. The van der Waals surface area contributed by atoms with Gasteiger partial charge in [0.25, 0.3) is 0 Å². The summed E-state index contributed by atoms with van der Waals surface area (Å²) in [5.41, 5.74) is 0. The van der Waals surface area contributed by atoms with E-state index >= 15 is 0 Å². The molecular weight excluding hydrogens is 195 g/mol. The van der Waals surface area contributed by atoms with Gasteiger partial charge in [-0.25, -0.2) is 0 Å². The fraction of sp³-hybridized carbons (Fsp3) is 0.857. The molecule has 0 aromatic rings. The lowest BCUT2D eigenvalue weighted by atomic mass is 10.0. The molecular formula is C7H15O5P. The number of aliphatic hydroxyl groups excluding tert-OH is 3. The number of Topliss-reactive ketones (excluding diaryl/α,β-unsaturated/α-hetero) is 1. The maximum absolute atomic E-state index is 10.9. The van der Waals surface area contributed by atoms with Crippen molar-refractivity contribution in [2.45, 2.75) is 31.7 Å². The van der Waals surface area contributed by atoms with Crippen molar-refractivity contribution in [1.82, 2.24) is 0 Å². The third kappa shape index (κ3) is 4.11. The van der Waals surface area contributed by atoms with Gasteiger partial charge in [0, 0.05) is 9.47 Å². The summed E-state index contributed by atoms with van der Waals surface area (Å²) < 4.78 is 4.40. The van der Waals surface area contributed by atoms with Crippen LogP contribution in [0.2, 0.25) is 0 Å². The van der Waals surface area contributed by atoms with E-state index < -0.39 is 24.1 Å². The van der Waals surface area contributed by atoms with Crippen molar-refractivity contribution >= 4 is 15.2 Å². The van der Waals surface area contributed by atoms with Crippen LogP contribution in [0.1, 0.15) is 13.3 Å². The quantitative estimate of drug-likeness (QED) is 0.482. The van der Waals surface area contributed by atoms with Crippen molar-refractivity contribution in [3.05, 3.63) is 0 Å². The monoisotopic (exact) mass is 210 g/mol. The summed E-state index contributed by atoms with van der Waals surface area (Å²) in [5, 5.41) is 27.5. The molecule has 0 spiro atoms. The Labute approximate surface area is 79.0 Å². The second kappa shape index (κ2) is 6.40. The number of carbonyl (C=O) groups is 1. The largest absolute Gasteiger partial charge is 0.390 e. The predicted octanol–water partition coefficient (Wildman–Crippen LogP) is -1.15. The van der Waals surface area contributed by atoms with Gasteiger partial charge < -0.3 is 19.8 Å². The van der Waals surface area contributed by atoms with E-state index in [1.165, 1.54) is 0 Å². The maximum atomic E-state index is 10.9. The summed E-state index contributed by atoms with van der Waals surface area (Å²) in [4.78, 5) is 10.9. The van der Waals surface area contributed by atoms with E-state index in [1.54, 1.807) is 6.92 Å². The van der Waals surface area contributed by atoms with E-state index in [1.807, 2.05) is 9.47 Å². The summed E-state index contributed by atoms with van der Waals surface area (Å²) in [5.74, 6) is -0.657. The van der Waals surface area contributed by atoms with Crippen LogP contribution in [-0.4, -0.2) is 46.0 Å². The first kappa shape index (κ1) is 12.9. The molecule has 78 valence electrons. The highest BCUT2D eigenvalue weighted by Crippen LogP contribution is 2.05. The molecule has 0 aromatic carbocycles. The van der Waals surface area contributed by atoms with Crippen molar-refractivity contribution in [3.63, 3.8) is 0 Å². The lowest BCUT2D eigenvalue weighted by Crippen LogP contribution is -2.43. The Morgan fingerprint density at radius 1 is 1.46 bits per heavy atom. The van der Waals surface area contributed by atoms with Crippen LogP contribution in [0.3, 0.4) is 0 Å². The van der Waals surface area contributed by atoms with Gasteiger partial charge in [-0.1, -0.05) is 6.92 Å². The van der Waals surface area contributed by atoms with E-state index in [2.05, 4.69) is 4.52 Å². The van der Waals surface area contributed by atoms with E-state index in [0.717, 1.165) is 0 Å². The van der Waals surface area contributed by atoms with Crippen molar-refractivity contribution in [2.24, 2.45) is 0 Å². The van der Waals surface area contributed by atoms with Crippen LogP contribution in [0.4, 0.5) is 0 Å². The van der Waals surface area contributed by atoms with Gasteiger partial charge in [-0.3, -0.25) is 4.79 Å². The predicted molar refractivity (Wildman–Crippen MR) is 49.0 cm³/mol. The lowest BCUT2D eigenvalue weighted by molar-refractivity contribution is -0.140. The topological polar surface area (TPSA) is 87.0 Å². The zero-order valence-corrected chi connectivity index (χ0v) is 8.54. The molecule has 0 aliphatic heterocycles. The van der Waals surface area contributed by atoms with Crippen molar-refractivity contribution in [1.29, 1.82) is 0 Å². The zero-order valence-electron chi connectivity index (χ0n) is 7.38. The zero-order chi connectivity index (χ0) is 10.4. The third-order valence-electron chi connectivity index (χ3n) is 1.69. The second-order valence-electron chi connectivity index (χ2n) is 2.69. The van der Waals surface area contributed by atoms with Gasteiger partial charge in [-0.2, -0.15) is 0 Å². The van der Waals surface area contributed by atoms with Crippen LogP contribution in [0, 0.1) is 0 Å². The first-order valence-electron chi connectivity index (χ1n) is 3.93. The molecule has 0 rings (SSSR count). The molecule has 0 aliphatic rings. The van der Waals surface area contributed by atoms with Crippen LogP contribution < -0.4 is 0 Å². The Hall–Kier alpha value is -0.0600. The molecule has 4 atom stereocenters. The van der Waals surface area contributed by atoms with Crippen LogP contribution in [0.5, 0.6) is 0 Å². The highest BCUT2D eigenvalue weighted by Gasteiger charge is 2.28. The Morgan fingerprint density at radius 2 is 2.00 bits per heavy atom. The fourth-order valence-corrected chi connectivity index (χ4v) is 0.974. The van der Waals surface area contributed by atoms with Gasteiger partial charge in [-0.15, -0.1) is 0 Å². The Morgan fingerprint density at radius 3 is 2.38 bits per heavy atom. The molecule has 0 saturated carbocycles. The lowest BCUT2D eigenvalue weighted by Gasteiger charge is -2.20. The van der Waals surface area contributed by atoms with Gasteiger partial charge in [-0.05, 0) is 6.42 Å². The van der Waals surface area contributed by atoms with Crippen LogP contribution >= 0.6 is 9.47 Å². The number of hydrogen-bond donors (Lipinski definition) is 3. The minimum absolute atomic E-state index is 0.271. The fourth-order valence-electron chi connectivity index (χ4n) is 0.810. The average Bonchev–Trinajstić information content (AvgIpc) is 2.14. The molecule has 6 heteroatoms. The number of aliphatic hydroxyl groups is 3. The van der Waals surface area contributed by atoms with Crippen LogP contribution in [0.25, 0.3) is 0 Å². The second-order valence-corrected chi connectivity index (χ2v) is 3.02. The molecule has 0 fully saturated rings. The number of hydrogen-bond acceptors (Lipinski definition) is 5. The molecule has 0 saturated heterocycles. The summed E-state index contributed by atoms with van der Waals surface area (Å²) in [7, 11) is 1.86. The summed E-state index contributed by atoms with van der Waals surface area (Å²) in [6.45, 7) is 1.33. The molecule has 0 bridgehead atoms. The van der Waals surface area contributed by atoms with Gasteiger partial charge >= 0.3 is 0 Å². The van der Waals surface area contributed by atoms with Crippen molar-refractivity contribution < 1.29 is 24.6 Å². The number of rotatable bonds is 6. The highest BCUT2D eigenvalue weighted by molar-refractivity contribution is 7.09. The Bertz CT molecular complexity index is 163. The number of carbonyl (C=O) groups excluding carboxylic acids is 1. The van der Waals surface area contributed by atoms with Gasteiger partial charge in [0.1, 0.15) is 18.8 Å². The molecule has 5 nitrogen and oxygen atoms in total. The molecule has 0 aromatic heterocycles. The van der Waals surface area contributed by atoms with Gasteiger partial charge in [0.05, 0.1) is 6.10 Å². The molecule has 0 radical (unpaired) electrons. The average molecular weight is 210 g/mol. The standard InChI is InChI=1S/C7H15O5P/c1-2-4(8)6(10)7(11)5(9)3-12-13/h4,6-8,10-11H,2-3,13H2,1H3. The minimum atomic E-state index is -1.59.